The first-order valence-electron chi connectivity index (χ1n) is 5.62. The lowest BCUT2D eigenvalue weighted by molar-refractivity contribution is -0.138. The number of halogens is 3. The molecule has 0 radical (unpaired) electrons. The molecule has 0 aromatic carbocycles. The van der Waals surface area contributed by atoms with Crippen LogP contribution in [0.5, 0.6) is 0 Å². The number of alkyl halides is 3. The van der Waals surface area contributed by atoms with Crippen molar-refractivity contribution in [3.8, 4) is 0 Å². The zero-order valence-electron chi connectivity index (χ0n) is 10.0. The zero-order chi connectivity index (χ0) is 12.9. The normalized spacial score (nSPS) is 12.1. The molecule has 1 aromatic heterocycles. The van der Waals surface area contributed by atoms with Crippen LogP contribution in [0.4, 0.5) is 13.2 Å². The van der Waals surface area contributed by atoms with E-state index in [-0.39, 0.29) is 5.56 Å². The lowest BCUT2D eigenvalue weighted by atomic mass is 10.1. The Balaban J connectivity index is 2.59. The number of hydrogen-bond donors (Lipinski definition) is 1. The molecule has 0 atom stereocenters. The van der Waals surface area contributed by atoms with Crippen LogP contribution in [0.2, 0.25) is 0 Å². The van der Waals surface area contributed by atoms with E-state index in [1.807, 2.05) is 0 Å². The third-order valence-electron chi connectivity index (χ3n) is 2.33. The van der Waals surface area contributed by atoms with Crippen LogP contribution in [0.3, 0.4) is 0 Å². The Labute approximate surface area is 99.3 Å². The first-order chi connectivity index (χ1) is 7.91. The molecule has 0 fully saturated rings. The number of aromatic nitrogens is 1. The lowest BCUT2D eigenvalue weighted by Crippen LogP contribution is -2.23. The molecule has 0 spiro atoms. The highest BCUT2D eigenvalue weighted by atomic mass is 19.4. The second kappa shape index (κ2) is 6.00. The van der Waals surface area contributed by atoms with E-state index in [9.17, 15) is 13.2 Å². The topological polar surface area (TPSA) is 24.9 Å². The van der Waals surface area contributed by atoms with E-state index < -0.39 is 11.7 Å². The average Bonchev–Trinajstić information content (AvgIpc) is 2.23. The van der Waals surface area contributed by atoms with Crippen LogP contribution in [-0.4, -0.2) is 18.1 Å². The van der Waals surface area contributed by atoms with Crippen LogP contribution < -0.4 is 5.32 Å². The zero-order valence-corrected chi connectivity index (χ0v) is 10.0. The maximum absolute atomic E-state index is 12.6. The van der Waals surface area contributed by atoms with Crippen LogP contribution in [0.1, 0.15) is 25.0 Å². The van der Waals surface area contributed by atoms with Gasteiger partial charge < -0.3 is 5.32 Å². The van der Waals surface area contributed by atoms with E-state index in [4.69, 9.17) is 0 Å². The molecule has 0 aliphatic carbocycles. The predicted octanol–water partition coefficient (Wildman–Crippen LogP) is 2.89. The van der Waals surface area contributed by atoms with Crippen molar-refractivity contribution in [1.29, 1.82) is 0 Å². The van der Waals surface area contributed by atoms with Gasteiger partial charge in [-0.2, -0.15) is 13.2 Å². The van der Waals surface area contributed by atoms with Gasteiger partial charge >= 0.3 is 6.18 Å². The van der Waals surface area contributed by atoms with Gasteiger partial charge in [0.1, 0.15) is 0 Å². The highest BCUT2D eigenvalue weighted by Gasteiger charge is 2.32. The van der Waals surface area contributed by atoms with Gasteiger partial charge in [0.15, 0.2) is 0 Å². The summed E-state index contributed by atoms with van der Waals surface area (Å²) >= 11 is 0. The summed E-state index contributed by atoms with van der Waals surface area (Å²) in [7, 11) is 0. The van der Waals surface area contributed by atoms with Crippen molar-refractivity contribution in [1.82, 2.24) is 10.3 Å². The average molecular weight is 246 g/mol. The molecule has 1 heterocycles. The molecule has 96 valence electrons. The maximum Gasteiger partial charge on any atom is 0.416 e. The Morgan fingerprint density at radius 1 is 1.35 bits per heavy atom. The van der Waals surface area contributed by atoms with Crippen LogP contribution in [0.15, 0.2) is 18.5 Å². The summed E-state index contributed by atoms with van der Waals surface area (Å²) < 4.78 is 37.9. The third-order valence-corrected chi connectivity index (χ3v) is 2.33. The van der Waals surface area contributed by atoms with E-state index in [0.717, 1.165) is 12.6 Å². The van der Waals surface area contributed by atoms with Crippen LogP contribution in [0.25, 0.3) is 0 Å². The summed E-state index contributed by atoms with van der Waals surface area (Å²) in [5.74, 6) is 0.492. The van der Waals surface area contributed by atoms with Gasteiger partial charge in [-0.15, -0.1) is 0 Å². The van der Waals surface area contributed by atoms with Gasteiger partial charge in [0.25, 0.3) is 0 Å². The molecule has 0 aliphatic heterocycles. The van der Waals surface area contributed by atoms with E-state index in [0.29, 0.717) is 18.9 Å². The maximum atomic E-state index is 12.6. The Kier molecular flexibility index (Phi) is 4.93. The van der Waals surface area contributed by atoms with Crippen molar-refractivity contribution in [3.63, 3.8) is 0 Å². The second-order valence-corrected chi connectivity index (χ2v) is 4.38. The molecule has 1 rings (SSSR count). The van der Waals surface area contributed by atoms with Gasteiger partial charge in [-0.05, 0) is 37.1 Å². The summed E-state index contributed by atoms with van der Waals surface area (Å²) in [6.45, 7) is 5.45. The third kappa shape index (κ3) is 4.73. The summed E-state index contributed by atoms with van der Waals surface area (Å²) in [5, 5.41) is 3.12. The smallest absolute Gasteiger partial charge is 0.316 e. The Hall–Kier alpha value is -1.10. The SMILES string of the molecule is CC(C)CNCCc1cnccc1C(F)(F)F. The summed E-state index contributed by atoms with van der Waals surface area (Å²) in [6.07, 6.45) is -1.49. The fourth-order valence-electron chi connectivity index (χ4n) is 1.52. The number of rotatable bonds is 5. The van der Waals surface area contributed by atoms with E-state index in [1.165, 1.54) is 12.4 Å². The predicted molar refractivity (Wildman–Crippen MR) is 60.7 cm³/mol. The summed E-state index contributed by atoms with van der Waals surface area (Å²) in [6, 6.07) is 1.03. The number of nitrogens with one attached hydrogen (secondary N) is 1. The van der Waals surface area contributed by atoms with Crippen molar-refractivity contribution >= 4 is 0 Å². The molecule has 0 bridgehead atoms. The van der Waals surface area contributed by atoms with Crippen molar-refractivity contribution in [3.05, 3.63) is 29.6 Å². The molecule has 0 saturated carbocycles. The first kappa shape index (κ1) is 14.0. The van der Waals surface area contributed by atoms with Gasteiger partial charge in [0, 0.05) is 12.4 Å². The van der Waals surface area contributed by atoms with Crippen LogP contribution >= 0.6 is 0 Å². The van der Waals surface area contributed by atoms with E-state index in [1.54, 1.807) is 0 Å². The quantitative estimate of drug-likeness (QED) is 0.808. The van der Waals surface area contributed by atoms with Crippen LogP contribution in [0, 0.1) is 5.92 Å². The van der Waals surface area contributed by atoms with Crippen LogP contribution in [-0.2, 0) is 12.6 Å². The second-order valence-electron chi connectivity index (χ2n) is 4.38. The Bertz CT molecular complexity index is 348. The van der Waals surface area contributed by atoms with Crippen molar-refractivity contribution in [2.45, 2.75) is 26.4 Å². The minimum atomic E-state index is -4.30. The molecule has 2 nitrogen and oxygen atoms in total. The minimum absolute atomic E-state index is 0.247. The molecule has 0 unspecified atom stereocenters. The molecule has 1 N–H and O–H groups in total. The molecule has 0 aliphatic rings. The molecule has 5 heteroatoms. The molecule has 0 amide bonds. The molecule has 0 saturated heterocycles. The summed E-state index contributed by atoms with van der Waals surface area (Å²) in [4.78, 5) is 3.74. The standard InChI is InChI=1S/C12H17F3N2/c1-9(2)7-16-5-3-10-8-17-6-4-11(10)12(13,14)15/h4,6,8-9,16H,3,5,7H2,1-2H3. The Morgan fingerprint density at radius 2 is 2.06 bits per heavy atom. The molecule has 1 aromatic rings. The number of hydrogen-bond acceptors (Lipinski definition) is 2. The van der Waals surface area contributed by atoms with Gasteiger partial charge in [0.2, 0.25) is 0 Å². The fraction of sp³-hybridized carbons (Fsp3) is 0.583. The Morgan fingerprint density at radius 3 is 2.65 bits per heavy atom. The molecular formula is C12H17F3N2. The molecular weight excluding hydrogens is 229 g/mol. The lowest BCUT2D eigenvalue weighted by Gasteiger charge is -2.12. The highest BCUT2D eigenvalue weighted by molar-refractivity contribution is 5.26. The van der Waals surface area contributed by atoms with Gasteiger partial charge in [-0.1, -0.05) is 13.8 Å². The van der Waals surface area contributed by atoms with E-state index >= 15 is 0 Å². The van der Waals surface area contributed by atoms with Crippen molar-refractivity contribution < 1.29 is 13.2 Å². The first-order valence-corrected chi connectivity index (χ1v) is 5.62. The number of pyridine rings is 1. The summed E-state index contributed by atoms with van der Waals surface area (Å²) in [5.41, 5.74) is -0.338. The largest absolute Gasteiger partial charge is 0.416 e. The van der Waals surface area contributed by atoms with Gasteiger partial charge in [-0.3, -0.25) is 4.98 Å². The van der Waals surface area contributed by atoms with Crippen molar-refractivity contribution in [2.75, 3.05) is 13.1 Å². The van der Waals surface area contributed by atoms with Crippen molar-refractivity contribution in [2.24, 2.45) is 5.92 Å². The monoisotopic (exact) mass is 246 g/mol. The molecule has 17 heavy (non-hydrogen) atoms. The van der Waals surface area contributed by atoms with E-state index in [2.05, 4.69) is 24.1 Å². The van der Waals surface area contributed by atoms with Gasteiger partial charge in [-0.25, -0.2) is 0 Å². The fourth-order valence-corrected chi connectivity index (χ4v) is 1.52. The minimum Gasteiger partial charge on any atom is -0.316 e. The number of nitrogens with zero attached hydrogens (tertiary/aromatic N) is 1. The highest BCUT2D eigenvalue weighted by Crippen LogP contribution is 2.31. The van der Waals surface area contributed by atoms with Gasteiger partial charge in [0.05, 0.1) is 5.56 Å².